The van der Waals surface area contributed by atoms with Crippen LogP contribution in [-0.4, -0.2) is 46.0 Å². The quantitative estimate of drug-likeness (QED) is 0.560. The summed E-state index contributed by atoms with van der Waals surface area (Å²) in [6, 6.07) is 4.35. The Morgan fingerprint density at radius 1 is 1.38 bits per heavy atom. The second-order valence-corrected chi connectivity index (χ2v) is 7.60. The fraction of sp³-hybridized carbons (Fsp3) is 0.389. The molecule has 1 saturated heterocycles. The summed E-state index contributed by atoms with van der Waals surface area (Å²) in [4.78, 5) is 25.8. The highest BCUT2D eigenvalue weighted by atomic mass is 32.2. The van der Waals surface area contributed by atoms with Crippen molar-refractivity contribution in [2.45, 2.75) is 26.8 Å². The van der Waals surface area contributed by atoms with Crippen LogP contribution in [0.5, 0.6) is 11.5 Å². The van der Waals surface area contributed by atoms with Gasteiger partial charge >= 0.3 is 5.97 Å². The minimum Gasteiger partial charge on any atom is -0.493 e. The smallest absolute Gasteiger partial charge is 0.327 e. The van der Waals surface area contributed by atoms with Gasteiger partial charge < -0.3 is 14.6 Å². The molecule has 1 aliphatic heterocycles. The van der Waals surface area contributed by atoms with Gasteiger partial charge in [0.1, 0.15) is 10.4 Å². The topological polar surface area (TPSA) is 76.1 Å². The molecule has 0 aromatic heterocycles. The number of carbonyl (C=O) groups is 2. The van der Waals surface area contributed by atoms with E-state index in [2.05, 4.69) is 0 Å². The molecule has 1 amide bonds. The molecule has 1 atom stereocenters. The van der Waals surface area contributed by atoms with Gasteiger partial charge in [-0.05, 0) is 36.6 Å². The van der Waals surface area contributed by atoms with Gasteiger partial charge in [0.25, 0.3) is 5.91 Å². The number of carboxylic acid groups (broad SMARTS) is 1. The average Bonchev–Trinajstić information content (AvgIpc) is 2.83. The van der Waals surface area contributed by atoms with Crippen molar-refractivity contribution in [3.8, 4) is 11.5 Å². The molecular weight excluding hydrogens is 374 g/mol. The number of rotatable bonds is 7. The minimum atomic E-state index is -1.07. The highest BCUT2D eigenvalue weighted by molar-refractivity contribution is 8.26. The summed E-state index contributed by atoms with van der Waals surface area (Å²) in [5.74, 6) is -0.554. The standard InChI is InChI=1S/C18H21NO5S2/c1-5-24-12-7-6-11(8-13(12)23-4)9-14-16(20)19(18(25)26-14)15(10(2)3)17(21)22/h6-10,15H,5H2,1-4H3,(H,21,22)/b14-9-. The lowest BCUT2D eigenvalue weighted by molar-refractivity contribution is -0.146. The van der Waals surface area contributed by atoms with Gasteiger partial charge in [-0.3, -0.25) is 9.69 Å². The van der Waals surface area contributed by atoms with Crippen LogP contribution >= 0.6 is 24.0 Å². The van der Waals surface area contributed by atoms with Crippen molar-refractivity contribution in [3.63, 3.8) is 0 Å². The first-order valence-corrected chi connectivity index (χ1v) is 9.33. The van der Waals surface area contributed by atoms with E-state index in [-0.39, 0.29) is 10.2 Å². The van der Waals surface area contributed by atoms with E-state index in [0.29, 0.717) is 23.0 Å². The molecule has 1 aliphatic rings. The number of thioether (sulfide) groups is 1. The number of benzene rings is 1. The predicted molar refractivity (Wildman–Crippen MR) is 105 cm³/mol. The predicted octanol–water partition coefficient (Wildman–Crippen LogP) is 3.40. The van der Waals surface area contributed by atoms with Gasteiger partial charge in [0.15, 0.2) is 11.5 Å². The molecule has 0 saturated carbocycles. The Morgan fingerprint density at radius 2 is 2.08 bits per heavy atom. The molecule has 0 spiro atoms. The van der Waals surface area contributed by atoms with Crippen LogP contribution in [0.15, 0.2) is 23.1 Å². The molecule has 1 heterocycles. The fourth-order valence-electron chi connectivity index (χ4n) is 2.61. The zero-order valence-electron chi connectivity index (χ0n) is 15.0. The third-order valence-corrected chi connectivity index (χ3v) is 5.10. The van der Waals surface area contributed by atoms with E-state index < -0.39 is 17.9 Å². The number of thiocarbonyl (C=S) groups is 1. The van der Waals surface area contributed by atoms with Crippen molar-refractivity contribution in [2.75, 3.05) is 13.7 Å². The maximum absolute atomic E-state index is 12.7. The first kappa shape index (κ1) is 20.3. The van der Waals surface area contributed by atoms with Gasteiger partial charge in [-0.25, -0.2) is 4.79 Å². The molecule has 2 rings (SSSR count). The first-order chi connectivity index (χ1) is 12.3. The molecule has 140 valence electrons. The minimum absolute atomic E-state index is 0.250. The van der Waals surface area contributed by atoms with Crippen molar-refractivity contribution in [1.29, 1.82) is 0 Å². The molecule has 6 nitrogen and oxygen atoms in total. The average molecular weight is 396 g/mol. The number of carboxylic acids is 1. The van der Waals surface area contributed by atoms with E-state index in [1.807, 2.05) is 6.92 Å². The maximum atomic E-state index is 12.7. The summed E-state index contributed by atoms with van der Waals surface area (Å²) in [5.41, 5.74) is 0.738. The molecule has 1 aromatic rings. The normalized spacial score (nSPS) is 17.1. The Bertz CT molecular complexity index is 760. The second-order valence-electron chi connectivity index (χ2n) is 5.92. The number of carbonyl (C=O) groups excluding carboxylic acids is 1. The Balaban J connectivity index is 2.34. The Morgan fingerprint density at radius 3 is 2.62 bits per heavy atom. The number of methoxy groups -OCH3 is 1. The highest BCUT2D eigenvalue weighted by Gasteiger charge is 2.41. The van der Waals surface area contributed by atoms with Crippen molar-refractivity contribution in [2.24, 2.45) is 5.92 Å². The largest absolute Gasteiger partial charge is 0.493 e. The molecule has 1 aromatic carbocycles. The number of amides is 1. The van der Waals surface area contributed by atoms with Crippen LogP contribution in [0, 0.1) is 5.92 Å². The lowest BCUT2D eigenvalue weighted by atomic mass is 10.0. The molecule has 1 fully saturated rings. The zero-order chi connectivity index (χ0) is 19.4. The number of ether oxygens (including phenoxy) is 2. The van der Waals surface area contributed by atoms with Gasteiger partial charge in [-0.1, -0.05) is 43.9 Å². The summed E-state index contributed by atoms with van der Waals surface area (Å²) >= 11 is 6.35. The van der Waals surface area contributed by atoms with Crippen molar-refractivity contribution >= 4 is 46.3 Å². The van der Waals surface area contributed by atoms with E-state index in [1.54, 1.807) is 45.2 Å². The molecule has 8 heteroatoms. The molecular formula is C18H21NO5S2. The summed E-state index contributed by atoms with van der Waals surface area (Å²) in [7, 11) is 1.54. The van der Waals surface area contributed by atoms with Gasteiger partial charge in [0, 0.05) is 0 Å². The Hall–Kier alpha value is -2.06. The maximum Gasteiger partial charge on any atom is 0.327 e. The van der Waals surface area contributed by atoms with E-state index in [0.717, 1.165) is 17.3 Å². The van der Waals surface area contributed by atoms with Crippen LogP contribution in [0.3, 0.4) is 0 Å². The van der Waals surface area contributed by atoms with E-state index in [4.69, 9.17) is 21.7 Å². The summed E-state index contributed by atoms with van der Waals surface area (Å²) < 4.78 is 11.0. The monoisotopic (exact) mass is 395 g/mol. The van der Waals surface area contributed by atoms with Crippen LogP contribution in [-0.2, 0) is 9.59 Å². The first-order valence-electron chi connectivity index (χ1n) is 8.10. The van der Waals surface area contributed by atoms with Gasteiger partial charge in [-0.15, -0.1) is 0 Å². The van der Waals surface area contributed by atoms with Crippen LogP contribution in [0.1, 0.15) is 26.3 Å². The molecule has 1 N–H and O–H groups in total. The van der Waals surface area contributed by atoms with Crippen molar-refractivity contribution in [1.82, 2.24) is 4.90 Å². The lowest BCUT2D eigenvalue weighted by Gasteiger charge is -2.26. The van der Waals surface area contributed by atoms with E-state index in [1.165, 1.54) is 4.90 Å². The zero-order valence-corrected chi connectivity index (χ0v) is 16.6. The van der Waals surface area contributed by atoms with E-state index >= 15 is 0 Å². The summed E-state index contributed by atoms with van der Waals surface area (Å²) in [6.45, 7) is 5.89. The highest BCUT2D eigenvalue weighted by Crippen LogP contribution is 2.36. The fourth-order valence-corrected chi connectivity index (χ4v) is 3.94. The third-order valence-electron chi connectivity index (χ3n) is 3.77. The number of hydrogen-bond donors (Lipinski definition) is 1. The molecule has 0 aliphatic carbocycles. The molecule has 0 radical (unpaired) electrons. The van der Waals surface area contributed by atoms with Crippen LogP contribution in [0.4, 0.5) is 0 Å². The third kappa shape index (κ3) is 4.19. The van der Waals surface area contributed by atoms with Crippen molar-refractivity contribution < 1.29 is 24.2 Å². The molecule has 26 heavy (non-hydrogen) atoms. The van der Waals surface area contributed by atoms with Crippen LogP contribution in [0.25, 0.3) is 6.08 Å². The van der Waals surface area contributed by atoms with Crippen LogP contribution < -0.4 is 9.47 Å². The van der Waals surface area contributed by atoms with E-state index in [9.17, 15) is 14.7 Å². The lowest BCUT2D eigenvalue weighted by Crippen LogP contribution is -2.47. The van der Waals surface area contributed by atoms with Crippen LogP contribution in [0.2, 0.25) is 0 Å². The van der Waals surface area contributed by atoms with Gasteiger partial charge in [-0.2, -0.15) is 0 Å². The molecule has 1 unspecified atom stereocenters. The second kappa shape index (κ2) is 8.55. The summed E-state index contributed by atoms with van der Waals surface area (Å²) in [6.07, 6.45) is 1.68. The Kier molecular flexibility index (Phi) is 6.66. The number of nitrogens with zero attached hydrogens (tertiary/aromatic N) is 1. The van der Waals surface area contributed by atoms with Gasteiger partial charge in [0.05, 0.1) is 18.6 Å². The summed E-state index contributed by atoms with van der Waals surface area (Å²) in [5, 5.41) is 9.45. The van der Waals surface area contributed by atoms with Gasteiger partial charge in [0.2, 0.25) is 0 Å². The number of aliphatic carboxylic acids is 1. The number of hydrogen-bond acceptors (Lipinski definition) is 6. The molecule has 0 bridgehead atoms. The SMILES string of the molecule is CCOc1ccc(/C=C2\SC(=S)N(C(C(=O)O)C(C)C)C2=O)cc1OC. The van der Waals surface area contributed by atoms with Crippen molar-refractivity contribution in [3.05, 3.63) is 28.7 Å². The Labute approximate surface area is 162 Å².